The lowest BCUT2D eigenvalue weighted by Gasteiger charge is -2.15. The topological polar surface area (TPSA) is 75.3 Å². The van der Waals surface area contributed by atoms with Crippen molar-refractivity contribution in [2.24, 2.45) is 0 Å². The molecule has 2 aromatic rings. The molecule has 0 fully saturated rings. The Morgan fingerprint density at radius 2 is 1.67 bits per heavy atom. The van der Waals surface area contributed by atoms with Crippen LogP contribution in [0.15, 0.2) is 48.0 Å². The molecular formula is C19H16N2O3. The van der Waals surface area contributed by atoms with Crippen LogP contribution in [-0.2, 0) is 6.61 Å². The van der Waals surface area contributed by atoms with Crippen molar-refractivity contribution in [1.29, 1.82) is 10.5 Å². The van der Waals surface area contributed by atoms with E-state index in [9.17, 15) is 0 Å². The summed E-state index contributed by atoms with van der Waals surface area (Å²) in [5.41, 5.74) is 1.62. The van der Waals surface area contributed by atoms with Crippen LogP contribution < -0.4 is 14.2 Å². The molecule has 0 aliphatic carbocycles. The zero-order chi connectivity index (χ0) is 17.4. The van der Waals surface area contributed by atoms with Gasteiger partial charge in [-0.1, -0.05) is 30.3 Å². The van der Waals surface area contributed by atoms with Crippen LogP contribution in [0.2, 0.25) is 0 Å². The summed E-state index contributed by atoms with van der Waals surface area (Å²) < 4.78 is 16.5. The average Bonchev–Trinajstić information content (AvgIpc) is 2.64. The third kappa shape index (κ3) is 4.06. The number of hydrogen-bond donors (Lipinski definition) is 0. The second-order valence-corrected chi connectivity index (χ2v) is 4.81. The van der Waals surface area contributed by atoms with Gasteiger partial charge in [0.15, 0.2) is 11.5 Å². The molecule has 5 heteroatoms. The van der Waals surface area contributed by atoms with E-state index in [-0.39, 0.29) is 5.57 Å². The number of allylic oxidation sites excluding steroid dienone is 1. The number of benzene rings is 2. The standard InChI is InChI=1S/C19H16N2O3/c1-22-17-9-15(8-16(11-20)12-21)10-18(19(17)23-2)24-13-14-6-4-3-5-7-14/h3-10H,13H2,1-2H3. The lowest BCUT2D eigenvalue weighted by molar-refractivity contribution is 0.275. The third-order valence-electron chi connectivity index (χ3n) is 3.26. The van der Waals surface area contributed by atoms with E-state index < -0.39 is 0 Å². The Morgan fingerprint density at radius 3 is 2.25 bits per heavy atom. The summed E-state index contributed by atoms with van der Waals surface area (Å²) in [4.78, 5) is 0. The second-order valence-electron chi connectivity index (χ2n) is 4.81. The highest BCUT2D eigenvalue weighted by atomic mass is 16.5. The zero-order valence-corrected chi connectivity index (χ0v) is 13.4. The zero-order valence-electron chi connectivity index (χ0n) is 13.4. The molecule has 0 amide bonds. The highest BCUT2D eigenvalue weighted by molar-refractivity contribution is 5.67. The van der Waals surface area contributed by atoms with E-state index in [4.69, 9.17) is 24.7 Å². The van der Waals surface area contributed by atoms with E-state index in [1.807, 2.05) is 42.5 Å². The molecule has 2 aromatic carbocycles. The van der Waals surface area contributed by atoms with E-state index in [1.165, 1.54) is 20.3 Å². The number of nitrogens with zero attached hydrogens (tertiary/aromatic N) is 2. The molecule has 0 aliphatic heterocycles. The molecule has 24 heavy (non-hydrogen) atoms. The fourth-order valence-electron chi connectivity index (χ4n) is 2.13. The number of rotatable bonds is 6. The first-order valence-corrected chi connectivity index (χ1v) is 7.16. The number of ether oxygens (including phenoxy) is 3. The molecule has 0 radical (unpaired) electrons. The number of methoxy groups -OCH3 is 2. The summed E-state index contributed by atoms with van der Waals surface area (Å²) in [5.74, 6) is 1.40. The lowest BCUT2D eigenvalue weighted by atomic mass is 10.1. The molecule has 0 unspecified atom stereocenters. The predicted molar refractivity (Wildman–Crippen MR) is 89.5 cm³/mol. The minimum atomic E-state index is -0.00349. The first-order valence-electron chi connectivity index (χ1n) is 7.16. The maximum atomic E-state index is 8.91. The normalized spacial score (nSPS) is 9.33. The summed E-state index contributed by atoms with van der Waals surface area (Å²) in [6.07, 6.45) is 1.47. The van der Waals surface area contributed by atoms with E-state index in [0.29, 0.717) is 29.4 Å². The smallest absolute Gasteiger partial charge is 0.203 e. The van der Waals surface area contributed by atoms with Gasteiger partial charge in [-0.2, -0.15) is 10.5 Å². The van der Waals surface area contributed by atoms with E-state index in [1.54, 1.807) is 12.1 Å². The average molecular weight is 320 g/mol. The molecule has 2 rings (SSSR count). The Labute approximate surface area is 140 Å². The Morgan fingerprint density at radius 1 is 1.00 bits per heavy atom. The van der Waals surface area contributed by atoms with Gasteiger partial charge < -0.3 is 14.2 Å². The van der Waals surface area contributed by atoms with Crippen LogP contribution >= 0.6 is 0 Å². The fraction of sp³-hybridized carbons (Fsp3) is 0.158. The SMILES string of the molecule is COc1cc(C=C(C#N)C#N)cc(OCc2ccccc2)c1OC. The van der Waals surface area contributed by atoms with Crippen LogP contribution in [0.3, 0.4) is 0 Å². The van der Waals surface area contributed by atoms with Crippen molar-refractivity contribution in [3.8, 4) is 29.4 Å². The number of nitriles is 2. The minimum Gasteiger partial charge on any atom is -0.493 e. The Kier molecular flexibility index (Phi) is 5.82. The highest BCUT2D eigenvalue weighted by Crippen LogP contribution is 2.39. The summed E-state index contributed by atoms with van der Waals surface area (Å²) in [6.45, 7) is 0.358. The first-order chi connectivity index (χ1) is 11.7. The van der Waals surface area contributed by atoms with Gasteiger partial charge in [0.1, 0.15) is 24.3 Å². The minimum absolute atomic E-state index is 0.00349. The number of hydrogen-bond acceptors (Lipinski definition) is 5. The van der Waals surface area contributed by atoms with E-state index >= 15 is 0 Å². The van der Waals surface area contributed by atoms with Gasteiger partial charge >= 0.3 is 0 Å². The van der Waals surface area contributed by atoms with Gasteiger partial charge in [-0.05, 0) is 29.3 Å². The highest BCUT2D eigenvalue weighted by Gasteiger charge is 2.14. The van der Waals surface area contributed by atoms with Gasteiger partial charge in [0.25, 0.3) is 0 Å². The van der Waals surface area contributed by atoms with Gasteiger partial charge in [0.05, 0.1) is 14.2 Å². The molecule has 0 aliphatic rings. The Bertz CT molecular complexity index is 799. The molecule has 5 nitrogen and oxygen atoms in total. The van der Waals surface area contributed by atoms with Crippen LogP contribution in [0.4, 0.5) is 0 Å². The summed E-state index contributed by atoms with van der Waals surface area (Å²) in [5, 5.41) is 17.8. The van der Waals surface area contributed by atoms with Crippen molar-refractivity contribution in [3.05, 3.63) is 59.2 Å². The molecule has 0 spiro atoms. The summed E-state index contributed by atoms with van der Waals surface area (Å²) in [6, 6.07) is 16.8. The summed E-state index contributed by atoms with van der Waals surface area (Å²) >= 11 is 0. The van der Waals surface area contributed by atoms with Crippen LogP contribution in [0.25, 0.3) is 6.08 Å². The van der Waals surface area contributed by atoms with Crippen molar-refractivity contribution < 1.29 is 14.2 Å². The fourth-order valence-corrected chi connectivity index (χ4v) is 2.13. The van der Waals surface area contributed by atoms with Crippen LogP contribution in [0.1, 0.15) is 11.1 Å². The maximum Gasteiger partial charge on any atom is 0.203 e. The molecule has 0 aromatic heterocycles. The molecule has 0 saturated carbocycles. The largest absolute Gasteiger partial charge is 0.493 e. The molecule has 0 atom stereocenters. The van der Waals surface area contributed by atoms with Gasteiger partial charge in [-0.3, -0.25) is 0 Å². The van der Waals surface area contributed by atoms with Gasteiger partial charge in [-0.25, -0.2) is 0 Å². The van der Waals surface area contributed by atoms with Crippen molar-refractivity contribution in [1.82, 2.24) is 0 Å². The van der Waals surface area contributed by atoms with Crippen molar-refractivity contribution in [3.63, 3.8) is 0 Å². The van der Waals surface area contributed by atoms with Crippen LogP contribution in [0, 0.1) is 22.7 Å². The monoisotopic (exact) mass is 320 g/mol. The van der Waals surface area contributed by atoms with Gasteiger partial charge in [-0.15, -0.1) is 0 Å². The predicted octanol–water partition coefficient (Wildman–Crippen LogP) is 3.71. The molecule has 0 bridgehead atoms. The van der Waals surface area contributed by atoms with Crippen LogP contribution in [-0.4, -0.2) is 14.2 Å². The van der Waals surface area contributed by atoms with Gasteiger partial charge in [0.2, 0.25) is 5.75 Å². The molecule has 0 N–H and O–H groups in total. The van der Waals surface area contributed by atoms with Crippen molar-refractivity contribution >= 4 is 6.08 Å². The molecule has 0 saturated heterocycles. The van der Waals surface area contributed by atoms with Crippen molar-refractivity contribution in [2.45, 2.75) is 6.61 Å². The van der Waals surface area contributed by atoms with Crippen LogP contribution in [0.5, 0.6) is 17.2 Å². The Hall–Kier alpha value is -3.44. The first kappa shape index (κ1) is 16.9. The van der Waals surface area contributed by atoms with E-state index in [2.05, 4.69) is 0 Å². The summed E-state index contributed by atoms with van der Waals surface area (Å²) in [7, 11) is 3.04. The third-order valence-corrected chi connectivity index (χ3v) is 3.26. The maximum absolute atomic E-state index is 8.91. The molecular weight excluding hydrogens is 304 g/mol. The second kappa shape index (κ2) is 8.26. The molecule has 120 valence electrons. The molecule has 0 heterocycles. The lowest BCUT2D eigenvalue weighted by Crippen LogP contribution is -2.00. The Balaban J connectivity index is 2.39. The van der Waals surface area contributed by atoms with Crippen molar-refractivity contribution in [2.75, 3.05) is 14.2 Å². The van der Waals surface area contributed by atoms with E-state index in [0.717, 1.165) is 5.56 Å². The van der Waals surface area contributed by atoms with Gasteiger partial charge in [0, 0.05) is 0 Å². The quantitative estimate of drug-likeness (QED) is 0.758.